The van der Waals surface area contributed by atoms with Crippen LogP contribution >= 0.6 is 0 Å². The number of amides is 1. The summed E-state index contributed by atoms with van der Waals surface area (Å²) in [5, 5.41) is 0. The Bertz CT molecular complexity index is 300. The first-order valence-corrected chi connectivity index (χ1v) is 8.00. The van der Waals surface area contributed by atoms with Gasteiger partial charge in [0.25, 0.3) is 0 Å². The quantitative estimate of drug-likeness (QED) is 0.767. The molecule has 0 aliphatic carbocycles. The van der Waals surface area contributed by atoms with Crippen molar-refractivity contribution in [3.63, 3.8) is 0 Å². The lowest BCUT2D eigenvalue weighted by atomic mass is 9.90. The molecule has 0 saturated carbocycles. The number of piperidine rings is 2. The number of hydrogen-bond acceptors (Lipinski definition) is 2. The fourth-order valence-corrected chi connectivity index (χ4v) is 3.68. The molecular weight excluding hydrogens is 236 g/mol. The SMILES string of the molecule is CC1CCN(C(=O)[C@H](C)N2C[C@H](C)C[C@@H](C)C2)CC1. The van der Waals surface area contributed by atoms with Crippen LogP contribution in [0.5, 0.6) is 0 Å². The summed E-state index contributed by atoms with van der Waals surface area (Å²) in [6, 6.07) is 0.0682. The van der Waals surface area contributed by atoms with Crippen molar-refractivity contribution in [2.75, 3.05) is 26.2 Å². The first-order valence-electron chi connectivity index (χ1n) is 8.00. The fraction of sp³-hybridized carbons (Fsp3) is 0.938. The van der Waals surface area contributed by atoms with Gasteiger partial charge in [-0.3, -0.25) is 9.69 Å². The molecular formula is C16H30N2O. The van der Waals surface area contributed by atoms with E-state index in [0.29, 0.717) is 5.91 Å². The summed E-state index contributed by atoms with van der Waals surface area (Å²) in [7, 11) is 0. The molecule has 110 valence electrons. The van der Waals surface area contributed by atoms with Gasteiger partial charge in [0.1, 0.15) is 0 Å². The van der Waals surface area contributed by atoms with E-state index < -0.39 is 0 Å². The molecule has 0 aromatic carbocycles. The van der Waals surface area contributed by atoms with Crippen LogP contribution in [0.25, 0.3) is 0 Å². The lowest BCUT2D eigenvalue weighted by Crippen LogP contribution is -2.53. The highest BCUT2D eigenvalue weighted by molar-refractivity contribution is 5.81. The lowest BCUT2D eigenvalue weighted by molar-refractivity contribution is -0.138. The van der Waals surface area contributed by atoms with E-state index in [4.69, 9.17) is 0 Å². The van der Waals surface area contributed by atoms with Crippen LogP contribution in [0.2, 0.25) is 0 Å². The Hall–Kier alpha value is -0.570. The van der Waals surface area contributed by atoms with Gasteiger partial charge in [-0.2, -0.15) is 0 Å². The summed E-state index contributed by atoms with van der Waals surface area (Å²) in [5.41, 5.74) is 0. The molecule has 1 amide bonds. The van der Waals surface area contributed by atoms with Crippen molar-refractivity contribution in [3.05, 3.63) is 0 Å². The highest BCUT2D eigenvalue weighted by Gasteiger charge is 2.32. The van der Waals surface area contributed by atoms with E-state index in [1.165, 1.54) is 19.3 Å². The van der Waals surface area contributed by atoms with E-state index in [2.05, 4.69) is 37.5 Å². The van der Waals surface area contributed by atoms with Crippen LogP contribution in [0, 0.1) is 17.8 Å². The van der Waals surface area contributed by atoms with Crippen LogP contribution in [0.1, 0.15) is 47.0 Å². The van der Waals surface area contributed by atoms with E-state index in [9.17, 15) is 4.79 Å². The lowest BCUT2D eigenvalue weighted by Gasteiger charge is -2.40. The third kappa shape index (κ3) is 3.71. The molecule has 0 aromatic rings. The molecule has 2 saturated heterocycles. The molecule has 2 fully saturated rings. The Labute approximate surface area is 118 Å². The average Bonchev–Trinajstić information content (AvgIpc) is 2.37. The van der Waals surface area contributed by atoms with Crippen LogP contribution in [0.3, 0.4) is 0 Å². The molecule has 2 rings (SSSR count). The second kappa shape index (κ2) is 6.25. The molecule has 0 aromatic heterocycles. The Morgan fingerprint density at radius 3 is 2.05 bits per heavy atom. The largest absolute Gasteiger partial charge is 0.341 e. The van der Waals surface area contributed by atoms with E-state index in [-0.39, 0.29) is 6.04 Å². The van der Waals surface area contributed by atoms with Gasteiger partial charge in [-0.05, 0) is 43.9 Å². The van der Waals surface area contributed by atoms with Crippen LogP contribution < -0.4 is 0 Å². The van der Waals surface area contributed by atoms with Gasteiger partial charge in [-0.25, -0.2) is 0 Å². The summed E-state index contributed by atoms with van der Waals surface area (Å²) in [6.45, 7) is 13.1. The maximum atomic E-state index is 12.6. The molecule has 0 spiro atoms. The third-order valence-corrected chi connectivity index (χ3v) is 4.90. The first kappa shape index (κ1) is 14.8. The molecule has 19 heavy (non-hydrogen) atoms. The Morgan fingerprint density at radius 1 is 1.00 bits per heavy atom. The molecule has 0 N–H and O–H groups in total. The summed E-state index contributed by atoms with van der Waals surface area (Å²) in [5.74, 6) is 2.59. The fourth-order valence-electron chi connectivity index (χ4n) is 3.68. The van der Waals surface area contributed by atoms with Crippen LogP contribution in [0.15, 0.2) is 0 Å². The summed E-state index contributed by atoms with van der Waals surface area (Å²) >= 11 is 0. The van der Waals surface area contributed by atoms with Crippen molar-refractivity contribution in [1.29, 1.82) is 0 Å². The van der Waals surface area contributed by atoms with Crippen LogP contribution in [0.4, 0.5) is 0 Å². The minimum atomic E-state index is 0.0682. The van der Waals surface area contributed by atoms with Gasteiger partial charge in [0.2, 0.25) is 5.91 Å². The van der Waals surface area contributed by atoms with Crippen LogP contribution in [-0.4, -0.2) is 47.9 Å². The summed E-state index contributed by atoms with van der Waals surface area (Å²) < 4.78 is 0. The van der Waals surface area contributed by atoms with Crippen molar-refractivity contribution in [3.8, 4) is 0 Å². The first-order chi connectivity index (χ1) is 8.97. The zero-order valence-corrected chi connectivity index (χ0v) is 13.1. The standard InChI is InChI=1S/C16H30N2O/c1-12-5-7-17(8-6-12)16(19)15(4)18-10-13(2)9-14(3)11-18/h12-15H,5-11H2,1-4H3/t13-,14-,15+/m1/s1. The van der Waals surface area contributed by atoms with Gasteiger partial charge in [0.05, 0.1) is 6.04 Å². The van der Waals surface area contributed by atoms with Gasteiger partial charge in [0, 0.05) is 26.2 Å². The molecule has 3 heteroatoms. The molecule has 0 radical (unpaired) electrons. The number of rotatable bonds is 2. The molecule has 2 aliphatic rings. The maximum Gasteiger partial charge on any atom is 0.239 e. The molecule has 3 atom stereocenters. The minimum Gasteiger partial charge on any atom is -0.341 e. The Morgan fingerprint density at radius 2 is 1.53 bits per heavy atom. The average molecular weight is 266 g/mol. The van der Waals surface area contributed by atoms with Gasteiger partial charge >= 0.3 is 0 Å². The highest BCUT2D eigenvalue weighted by atomic mass is 16.2. The molecule has 2 aliphatic heterocycles. The molecule has 3 nitrogen and oxygen atoms in total. The number of carbonyl (C=O) groups excluding carboxylic acids is 1. The van der Waals surface area contributed by atoms with Gasteiger partial charge in [-0.1, -0.05) is 20.8 Å². The molecule has 0 unspecified atom stereocenters. The van der Waals surface area contributed by atoms with Crippen molar-refractivity contribution >= 4 is 5.91 Å². The van der Waals surface area contributed by atoms with E-state index >= 15 is 0 Å². The Balaban J connectivity index is 1.91. The second-order valence-electron chi connectivity index (χ2n) is 7.08. The predicted octanol–water partition coefficient (Wildman–Crippen LogP) is 2.61. The molecule has 2 heterocycles. The van der Waals surface area contributed by atoms with Gasteiger partial charge in [0.15, 0.2) is 0 Å². The van der Waals surface area contributed by atoms with Crippen molar-refractivity contribution in [2.45, 2.75) is 53.0 Å². The number of nitrogens with zero attached hydrogens (tertiary/aromatic N) is 2. The highest BCUT2D eigenvalue weighted by Crippen LogP contribution is 2.24. The van der Waals surface area contributed by atoms with E-state index in [1.54, 1.807) is 0 Å². The molecule has 0 bridgehead atoms. The van der Waals surface area contributed by atoms with Crippen molar-refractivity contribution in [1.82, 2.24) is 9.80 Å². The zero-order valence-electron chi connectivity index (χ0n) is 13.1. The smallest absolute Gasteiger partial charge is 0.239 e. The maximum absolute atomic E-state index is 12.6. The summed E-state index contributed by atoms with van der Waals surface area (Å²) in [4.78, 5) is 17.1. The number of likely N-dealkylation sites (tertiary alicyclic amines) is 2. The predicted molar refractivity (Wildman–Crippen MR) is 79.0 cm³/mol. The van der Waals surface area contributed by atoms with Crippen LogP contribution in [-0.2, 0) is 4.79 Å². The second-order valence-corrected chi connectivity index (χ2v) is 7.08. The number of hydrogen-bond donors (Lipinski definition) is 0. The van der Waals surface area contributed by atoms with Crippen molar-refractivity contribution < 1.29 is 4.79 Å². The van der Waals surface area contributed by atoms with E-state index in [0.717, 1.165) is 43.9 Å². The minimum absolute atomic E-state index is 0.0682. The topological polar surface area (TPSA) is 23.6 Å². The Kier molecular flexibility index (Phi) is 4.88. The zero-order chi connectivity index (χ0) is 14.0. The van der Waals surface area contributed by atoms with E-state index in [1.807, 2.05) is 0 Å². The van der Waals surface area contributed by atoms with Gasteiger partial charge < -0.3 is 4.90 Å². The van der Waals surface area contributed by atoms with Crippen molar-refractivity contribution in [2.24, 2.45) is 17.8 Å². The monoisotopic (exact) mass is 266 g/mol. The normalized spacial score (nSPS) is 32.3. The summed E-state index contributed by atoms with van der Waals surface area (Å²) in [6.07, 6.45) is 3.65. The number of carbonyl (C=O) groups is 1. The third-order valence-electron chi connectivity index (χ3n) is 4.90. The van der Waals surface area contributed by atoms with Gasteiger partial charge in [-0.15, -0.1) is 0 Å².